The van der Waals surface area contributed by atoms with Crippen molar-refractivity contribution in [1.82, 2.24) is 20.0 Å². The Morgan fingerprint density at radius 2 is 2.06 bits per heavy atom. The van der Waals surface area contributed by atoms with Gasteiger partial charge in [-0.05, 0) is 12.1 Å². The monoisotopic (exact) mass is 239 g/mol. The minimum Gasteiger partial charge on any atom is -0.382 e. The van der Waals surface area contributed by atoms with Gasteiger partial charge in [-0.2, -0.15) is 5.10 Å². The average Bonchev–Trinajstić information content (AvgIpc) is 2.67. The van der Waals surface area contributed by atoms with Gasteiger partial charge in [-0.25, -0.2) is 13.1 Å². The summed E-state index contributed by atoms with van der Waals surface area (Å²) >= 11 is 0. The van der Waals surface area contributed by atoms with Gasteiger partial charge >= 0.3 is 0 Å². The van der Waals surface area contributed by atoms with Crippen LogP contribution in [0.3, 0.4) is 0 Å². The molecular weight excluding hydrogens is 230 g/mol. The van der Waals surface area contributed by atoms with Gasteiger partial charge in [-0.15, -0.1) is 10.2 Å². The van der Waals surface area contributed by atoms with Gasteiger partial charge in [0.1, 0.15) is 10.7 Å². The highest BCUT2D eigenvalue weighted by Gasteiger charge is 2.11. The Morgan fingerprint density at radius 3 is 2.56 bits per heavy atom. The van der Waals surface area contributed by atoms with Gasteiger partial charge in [0.05, 0.1) is 12.4 Å². The van der Waals surface area contributed by atoms with Crippen LogP contribution in [0.1, 0.15) is 0 Å². The van der Waals surface area contributed by atoms with Crippen molar-refractivity contribution >= 4 is 15.7 Å². The third kappa shape index (κ3) is 2.01. The number of rotatable bonds is 2. The Bertz CT molecular complexity index is 602. The van der Waals surface area contributed by atoms with E-state index in [-0.39, 0.29) is 4.90 Å². The summed E-state index contributed by atoms with van der Waals surface area (Å²) in [5, 5.41) is 11.3. The number of nitrogen functional groups attached to an aromatic ring is 1. The molecule has 16 heavy (non-hydrogen) atoms. The Balaban J connectivity index is 2.43. The van der Waals surface area contributed by atoms with Crippen molar-refractivity contribution < 1.29 is 8.42 Å². The molecule has 0 amide bonds. The topological polar surface area (TPSA) is 104 Å². The van der Waals surface area contributed by atoms with Gasteiger partial charge in [0.2, 0.25) is 0 Å². The van der Waals surface area contributed by atoms with Gasteiger partial charge in [0, 0.05) is 6.26 Å². The number of sulfone groups is 1. The number of anilines is 1. The minimum absolute atomic E-state index is 0.131. The fraction of sp³-hybridized carbons (Fsp3) is 0.125. The smallest absolute Gasteiger partial charge is 0.178 e. The fourth-order valence-corrected chi connectivity index (χ4v) is 1.61. The van der Waals surface area contributed by atoms with Gasteiger partial charge < -0.3 is 5.73 Å². The van der Waals surface area contributed by atoms with E-state index < -0.39 is 9.84 Å². The zero-order valence-electron chi connectivity index (χ0n) is 8.40. The van der Waals surface area contributed by atoms with Crippen molar-refractivity contribution in [3.8, 4) is 5.82 Å². The van der Waals surface area contributed by atoms with E-state index >= 15 is 0 Å². The maximum atomic E-state index is 11.2. The zero-order valence-corrected chi connectivity index (χ0v) is 9.22. The summed E-state index contributed by atoms with van der Waals surface area (Å²) in [5.41, 5.74) is 5.38. The van der Waals surface area contributed by atoms with E-state index in [0.717, 1.165) is 6.26 Å². The molecule has 0 unspecified atom stereocenters. The van der Waals surface area contributed by atoms with Gasteiger partial charge in [0.25, 0.3) is 0 Å². The van der Waals surface area contributed by atoms with Crippen LogP contribution in [-0.4, -0.2) is 34.7 Å². The SMILES string of the molecule is CS(=O)(=O)c1cnn(-c2ccc(N)nn2)c1. The molecule has 0 aliphatic carbocycles. The van der Waals surface area contributed by atoms with E-state index in [1.54, 1.807) is 12.1 Å². The number of aromatic nitrogens is 4. The van der Waals surface area contributed by atoms with Crippen molar-refractivity contribution in [3.05, 3.63) is 24.5 Å². The molecule has 0 aliphatic rings. The van der Waals surface area contributed by atoms with Crippen LogP contribution in [0, 0.1) is 0 Å². The summed E-state index contributed by atoms with van der Waals surface area (Å²) in [7, 11) is -3.25. The van der Waals surface area contributed by atoms with Crippen molar-refractivity contribution in [2.45, 2.75) is 4.90 Å². The lowest BCUT2D eigenvalue weighted by Crippen LogP contribution is -2.01. The van der Waals surface area contributed by atoms with E-state index in [1.807, 2.05) is 0 Å². The van der Waals surface area contributed by atoms with E-state index in [0.29, 0.717) is 11.6 Å². The lowest BCUT2D eigenvalue weighted by molar-refractivity contribution is 0.602. The molecule has 0 saturated heterocycles. The second-order valence-electron chi connectivity index (χ2n) is 3.21. The van der Waals surface area contributed by atoms with E-state index in [1.165, 1.54) is 17.1 Å². The van der Waals surface area contributed by atoms with Crippen molar-refractivity contribution in [3.63, 3.8) is 0 Å². The molecule has 0 aliphatic heterocycles. The fourth-order valence-electron chi connectivity index (χ4n) is 1.08. The van der Waals surface area contributed by atoms with E-state index in [4.69, 9.17) is 5.73 Å². The summed E-state index contributed by atoms with van der Waals surface area (Å²) in [5.74, 6) is 0.698. The molecule has 0 spiro atoms. The Hall–Kier alpha value is -1.96. The van der Waals surface area contributed by atoms with Crippen LogP contribution in [0.15, 0.2) is 29.4 Å². The van der Waals surface area contributed by atoms with E-state index in [2.05, 4.69) is 15.3 Å². The summed E-state index contributed by atoms with van der Waals surface area (Å²) in [6.45, 7) is 0. The molecule has 0 saturated carbocycles. The molecule has 84 valence electrons. The number of nitrogens with two attached hydrogens (primary N) is 1. The first-order valence-corrected chi connectivity index (χ1v) is 6.20. The lowest BCUT2D eigenvalue weighted by atomic mass is 10.5. The van der Waals surface area contributed by atoms with Crippen LogP contribution >= 0.6 is 0 Å². The predicted molar refractivity (Wildman–Crippen MR) is 56.7 cm³/mol. The molecule has 2 aromatic heterocycles. The minimum atomic E-state index is -3.25. The van der Waals surface area contributed by atoms with Crippen LogP contribution in [-0.2, 0) is 9.84 Å². The normalized spacial score (nSPS) is 11.6. The molecule has 0 aromatic carbocycles. The number of nitrogens with zero attached hydrogens (tertiary/aromatic N) is 4. The summed E-state index contributed by atoms with van der Waals surface area (Å²) in [4.78, 5) is 0.131. The molecule has 2 rings (SSSR count). The summed E-state index contributed by atoms with van der Waals surface area (Å²) in [6, 6.07) is 3.16. The predicted octanol–water partition coefficient (Wildman–Crippen LogP) is -0.352. The highest BCUT2D eigenvalue weighted by Crippen LogP contribution is 2.10. The molecule has 0 radical (unpaired) electrons. The quantitative estimate of drug-likeness (QED) is 0.768. The highest BCUT2D eigenvalue weighted by atomic mass is 32.2. The van der Waals surface area contributed by atoms with E-state index in [9.17, 15) is 8.42 Å². The first-order valence-electron chi connectivity index (χ1n) is 4.31. The summed E-state index contributed by atoms with van der Waals surface area (Å²) < 4.78 is 23.8. The Kier molecular flexibility index (Phi) is 2.35. The highest BCUT2D eigenvalue weighted by molar-refractivity contribution is 7.90. The third-order valence-electron chi connectivity index (χ3n) is 1.89. The number of hydrogen-bond acceptors (Lipinski definition) is 6. The van der Waals surface area contributed by atoms with Crippen LogP contribution in [0.5, 0.6) is 0 Å². The molecule has 8 heteroatoms. The first kappa shape index (κ1) is 10.6. The maximum Gasteiger partial charge on any atom is 0.178 e. The lowest BCUT2D eigenvalue weighted by Gasteiger charge is -1.98. The molecule has 0 fully saturated rings. The largest absolute Gasteiger partial charge is 0.382 e. The Morgan fingerprint density at radius 1 is 1.31 bits per heavy atom. The second kappa shape index (κ2) is 3.56. The molecular formula is C8H9N5O2S. The van der Waals surface area contributed by atoms with Crippen molar-refractivity contribution in [2.24, 2.45) is 0 Å². The van der Waals surface area contributed by atoms with Crippen LogP contribution in [0.25, 0.3) is 5.82 Å². The molecule has 0 bridgehead atoms. The molecule has 7 nitrogen and oxygen atoms in total. The molecule has 2 N–H and O–H groups in total. The van der Waals surface area contributed by atoms with Gasteiger partial charge in [-0.3, -0.25) is 0 Å². The summed E-state index contributed by atoms with van der Waals surface area (Å²) in [6.07, 6.45) is 3.74. The molecule has 2 heterocycles. The van der Waals surface area contributed by atoms with Gasteiger partial charge in [-0.1, -0.05) is 0 Å². The molecule has 2 aromatic rings. The van der Waals surface area contributed by atoms with Crippen LogP contribution in [0.2, 0.25) is 0 Å². The first-order chi connectivity index (χ1) is 7.47. The Labute approximate surface area is 91.8 Å². The number of hydrogen-bond donors (Lipinski definition) is 1. The maximum absolute atomic E-state index is 11.2. The van der Waals surface area contributed by atoms with Crippen molar-refractivity contribution in [1.29, 1.82) is 0 Å². The zero-order chi connectivity index (χ0) is 11.8. The van der Waals surface area contributed by atoms with Crippen LogP contribution < -0.4 is 5.73 Å². The van der Waals surface area contributed by atoms with Crippen LogP contribution in [0.4, 0.5) is 5.82 Å². The average molecular weight is 239 g/mol. The third-order valence-corrected chi connectivity index (χ3v) is 2.96. The standard InChI is InChI=1S/C8H9N5O2S/c1-16(14,15)6-4-10-13(5-6)8-3-2-7(9)11-12-8/h2-5H,1H3,(H2,9,11). The second-order valence-corrected chi connectivity index (χ2v) is 5.22. The van der Waals surface area contributed by atoms with Gasteiger partial charge in [0.15, 0.2) is 15.7 Å². The molecule has 0 atom stereocenters. The van der Waals surface area contributed by atoms with Crippen molar-refractivity contribution in [2.75, 3.05) is 12.0 Å².